The number of aromatic nitrogens is 3. The molecule has 7 heteroatoms. The largest absolute Gasteiger partial charge is 0.450 e. The van der Waals surface area contributed by atoms with E-state index >= 15 is 0 Å². The second-order valence-corrected chi connectivity index (χ2v) is 7.77. The van der Waals surface area contributed by atoms with Crippen molar-refractivity contribution in [3.8, 4) is 17.1 Å². The molecule has 0 saturated heterocycles. The van der Waals surface area contributed by atoms with Crippen molar-refractivity contribution in [2.24, 2.45) is 0 Å². The zero-order valence-corrected chi connectivity index (χ0v) is 18.7. The normalized spacial score (nSPS) is 10.6. The topological polar surface area (TPSA) is 86.1 Å². The summed E-state index contributed by atoms with van der Waals surface area (Å²) in [4.78, 5) is 29.5. The maximum atomic E-state index is 12.7. The first-order valence-electron chi connectivity index (χ1n) is 10.5. The van der Waals surface area contributed by atoms with Crippen molar-refractivity contribution in [1.82, 2.24) is 14.8 Å². The maximum Gasteiger partial charge on any atom is 0.378 e. The van der Waals surface area contributed by atoms with Gasteiger partial charge in [0.05, 0.1) is 5.69 Å². The summed E-state index contributed by atoms with van der Waals surface area (Å²) in [6.07, 6.45) is 0. The van der Waals surface area contributed by atoms with Crippen molar-refractivity contribution in [3.63, 3.8) is 0 Å². The summed E-state index contributed by atoms with van der Waals surface area (Å²) in [6.45, 7) is 5.41. The minimum absolute atomic E-state index is 0.117. The van der Waals surface area contributed by atoms with Gasteiger partial charge in [-0.3, -0.25) is 4.79 Å². The number of carbonyl (C=O) groups excluding carboxylic acids is 2. The van der Waals surface area contributed by atoms with E-state index in [0.717, 1.165) is 33.6 Å². The maximum absolute atomic E-state index is 12.7. The third-order valence-electron chi connectivity index (χ3n) is 5.10. The summed E-state index contributed by atoms with van der Waals surface area (Å²) < 4.78 is 6.80. The van der Waals surface area contributed by atoms with Gasteiger partial charge in [0.15, 0.2) is 12.4 Å². The Labute approximate surface area is 192 Å². The van der Waals surface area contributed by atoms with Crippen molar-refractivity contribution in [2.45, 2.75) is 20.8 Å². The SMILES string of the molecule is Cc1cc(C)c(NC(=O)COC(=O)c2nc(-c3ccccc3)n(-c3ccccc3)n2)c(C)c1. The van der Waals surface area contributed by atoms with Crippen LogP contribution in [-0.2, 0) is 9.53 Å². The number of anilines is 1. The molecule has 0 radical (unpaired) electrons. The molecule has 3 aromatic carbocycles. The van der Waals surface area contributed by atoms with E-state index in [1.165, 1.54) is 0 Å². The molecule has 0 aliphatic carbocycles. The van der Waals surface area contributed by atoms with Gasteiger partial charge in [-0.05, 0) is 44.0 Å². The van der Waals surface area contributed by atoms with Gasteiger partial charge in [0.25, 0.3) is 11.7 Å². The number of benzene rings is 3. The van der Waals surface area contributed by atoms with Gasteiger partial charge < -0.3 is 10.1 Å². The Kier molecular flexibility index (Phi) is 6.31. The monoisotopic (exact) mass is 440 g/mol. The predicted octanol–water partition coefficient (Wildman–Crippen LogP) is 4.66. The molecule has 4 rings (SSSR count). The van der Waals surface area contributed by atoms with Gasteiger partial charge in [0.1, 0.15) is 0 Å². The molecule has 1 heterocycles. The molecule has 1 aromatic heterocycles. The number of hydrogen-bond acceptors (Lipinski definition) is 5. The molecule has 0 fully saturated rings. The van der Waals surface area contributed by atoms with Gasteiger partial charge in [-0.25, -0.2) is 14.5 Å². The van der Waals surface area contributed by atoms with Gasteiger partial charge in [0.2, 0.25) is 0 Å². The van der Waals surface area contributed by atoms with Crippen LogP contribution in [0.4, 0.5) is 5.69 Å². The van der Waals surface area contributed by atoms with E-state index in [4.69, 9.17) is 4.74 Å². The Balaban J connectivity index is 1.52. The van der Waals surface area contributed by atoms with Crippen LogP contribution in [0.1, 0.15) is 27.3 Å². The lowest BCUT2D eigenvalue weighted by atomic mass is 10.1. The molecule has 7 nitrogen and oxygen atoms in total. The fourth-order valence-electron chi connectivity index (χ4n) is 3.67. The zero-order valence-electron chi connectivity index (χ0n) is 18.7. The highest BCUT2D eigenvalue weighted by Crippen LogP contribution is 2.23. The van der Waals surface area contributed by atoms with Crippen LogP contribution in [0.2, 0.25) is 0 Å². The van der Waals surface area contributed by atoms with Crippen molar-refractivity contribution in [2.75, 3.05) is 11.9 Å². The standard InChI is InChI=1S/C26H24N4O3/c1-17-14-18(2)23(19(3)15-17)27-22(31)16-33-26(32)24-28-25(20-10-6-4-7-11-20)30(29-24)21-12-8-5-9-13-21/h4-15H,16H2,1-3H3,(H,27,31). The smallest absolute Gasteiger partial charge is 0.378 e. The molecule has 0 aliphatic rings. The van der Waals surface area contributed by atoms with Gasteiger partial charge in [-0.15, -0.1) is 5.10 Å². The number of para-hydroxylation sites is 1. The molecule has 0 bridgehead atoms. The zero-order chi connectivity index (χ0) is 23.4. The lowest BCUT2D eigenvalue weighted by molar-refractivity contribution is -0.119. The first-order valence-corrected chi connectivity index (χ1v) is 10.5. The quantitative estimate of drug-likeness (QED) is 0.441. The average Bonchev–Trinajstić information content (AvgIpc) is 3.27. The Morgan fingerprint density at radius 1 is 0.909 bits per heavy atom. The first-order chi connectivity index (χ1) is 15.9. The van der Waals surface area contributed by atoms with Crippen molar-refractivity contribution >= 4 is 17.6 Å². The van der Waals surface area contributed by atoms with Crippen LogP contribution in [0.5, 0.6) is 0 Å². The molecule has 0 unspecified atom stereocenters. The van der Waals surface area contributed by atoms with Crippen LogP contribution < -0.4 is 5.32 Å². The Morgan fingerprint density at radius 2 is 1.52 bits per heavy atom. The molecule has 0 aliphatic heterocycles. The minimum Gasteiger partial charge on any atom is -0.450 e. The molecule has 4 aromatic rings. The van der Waals surface area contributed by atoms with Gasteiger partial charge >= 0.3 is 5.97 Å². The number of rotatable bonds is 6. The Bertz CT molecular complexity index is 1220. The third-order valence-corrected chi connectivity index (χ3v) is 5.10. The number of hydrogen-bond donors (Lipinski definition) is 1. The summed E-state index contributed by atoms with van der Waals surface area (Å²) in [5.74, 6) is -0.809. The number of nitrogens with zero attached hydrogens (tertiary/aromatic N) is 3. The first kappa shape index (κ1) is 22.0. The molecule has 0 saturated carbocycles. The Morgan fingerprint density at radius 3 is 2.15 bits per heavy atom. The minimum atomic E-state index is -0.769. The number of ether oxygens (including phenoxy) is 1. The van der Waals surface area contributed by atoms with Crippen LogP contribution in [0.3, 0.4) is 0 Å². The number of nitrogens with one attached hydrogen (secondary N) is 1. The van der Waals surface area contributed by atoms with Gasteiger partial charge in [0, 0.05) is 11.3 Å². The highest BCUT2D eigenvalue weighted by molar-refractivity contribution is 5.95. The molecule has 1 amide bonds. The van der Waals surface area contributed by atoms with Crippen molar-refractivity contribution < 1.29 is 14.3 Å². The number of amides is 1. The van der Waals surface area contributed by atoms with Crippen LogP contribution in [0.15, 0.2) is 72.8 Å². The van der Waals surface area contributed by atoms with E-state index in [0.29, 0.717) is 5.82 Å². The lowest BCUT2D eigenvalue weighted by Gasteiger charge is -2.12. The van der Waals surface area contributed by atoms with Crippen LogP contribution in [0.25, 0.3) is 17.1 Å². The molecule has 1 N–H and O–H groups in total. The summed E-state index contributed by atoms with van der Waals surface area (Å²) in [5.41, 5.74) is 5.29. The van der Waals surface area contributed by atoms with Crippen molar-refractivity contribution in [3.05, 3.63) is 95.3 Å². The van der Waals surface area contributed by atoms with E-state index in [9.17, 15) is 9.59 Å². The fourth-order valence-corrected chi connectivity index (χ4v) is 3.67. The van der Waals surface area contributed by atoms with E-state index in [1.807, 2.05) is 93.6 Å². The second-order valence-electron chi connectivity index (χ2n) is 7.77. The third kappa shape index (κ3) is 4.98. The summed E-state index contributed by atoms with van der Waals surface area (Å²) in [5, 5.41) is 7.17. The molecular weight excluding hydrogens is 416 g/mol. The summed E-state index contributed by atoms with van der Waals surface area (Å²) in [7, 11) is 0. The van der Waals surface area contributed by atoms with Gasteiger partial charge in [-0.2, -0.15) is 0 Å². The number of carbonyl (C=O) groups is 2. The number of esters is 1. The summed E-state index contributed by atoms with van der Waals surface area (Å²) in [6, 6.07) is 22.8. The summed E-state index contributed by atoms with van der Waals surface area (Å²) >= 11 is 0. The van der Waals surface area contributed by atoms with Crippen LogP contribution >= 0.6 is 0 Å². The molecule has 166 valence electrons. The van der Waals surface area contributed by atoms with E-state index in [-0.39, 0.29) is 5.82 Å². The highest BCUT2D eigenvalue weighted by atomic mass is 16.5. The lowest BCUT2D eigenvalue weighted by Crippen LogP contribution is -2.22. The van der Waals surface area contributed by atoms with Crippen molar-refractivity contribution in [1.29, 1.82) is 0 Å². The highest BCUT2D eigenvalue weighted by Gasteiger charge is 2.21. The van der Waals surface area contributed by atoms with E-state index < -0.39 is 18.5 Å². The predicted molar refractivity (Wildman–Crippen MR) is 126 cm³/mol. The molecule has 0 atom stereocenters. The van der Waals surface area contributed by atoms with Crippen LogP contribution in [0, 0.1) is 20.8 Å². The Hall–Kier alpha value is -4.26. The molecule has 0 spiro atoms. The fraction of sp³-hybridized carbons (Fsp3) is 0.154. The van der Waals surface area contributed by atoms with E-state index in [2.05, 4.69) is 15.4 Å². The van der Waals surface area contributed by atoms with Gasteiger partial charge in [-0.1, -0.05) is 66.2 Å². The second kappa shape index (κ2) is 9.48. The molecule has 33 heavy (non-hydrogen) atoms. The van der Waals surface area contributed by atoms with Crippen LogP contribution in [-0.4, -0.2) is 33.2 Å². The van der Waals surface area contributed by atoms with E-state index in [1.54, 1.807) is 4.68 Å². The average molecular weight is 441 g/mol. The number of aryl methyl sites for hydroxylation is 3. The molecular formula is C26H24N4O3.